The zero-order valence-electron chi connectivity index (χ0n) is 15.9. The number of aromatic nitrogens is 2. The third-order valence-corrected chi connectivity index (χ3v) is 5.63. The second kappa shape index (κ2) is 8.23. The topological polar surface area (TPSA) is 61.7 Å². The summed E-state index contributed by atoms with van der Waals surface area (Å²) in [6.45, 7) is 6.52. The number of para-hydroxylation sites is 1. The SMILES string of the molecule is Cc1cc(Oc2ccccc2)nc(N2CC(N3CCC(CCO)CC3)C2)n1. The zero-order chi connectivity index (χ0) is 18.6. The minimum absolute atomic E-state index is 0.319. The highest BCUT2D eigenvalue weighted by Crippen LogP contribution is 2.28. The lowest BCUT2D eigenvalue weighted by molar-refractivity contribution is 0.102. The molecule has 0 radical (unpaired) electrons. The van der Waals surface area contributed by atoms with E-state index in [9.17, 15) is 0 Å². The van der Waals surface area contributed by atoms with E-state index in [1.165, 1.54) is 12.8 Å². The zero-order valence-corrected chi connectivity index (χ0v) is 15.9. The molecule has 0 bridgehead atoms. The largest absolute Gasteiger partial charge is 0.439 e. The molecule has 0 unspecified atom stereocenters. The van der Waals surface area contributed by atoms with Gasteiger partial charge in [0.1, 0.15) is 5.75 Å². The van der Waals surface area contributed by atoms with Gasteiger partial charge < -0.3 is 14.7 Å². The van der Waals surface area contributed by atoms with E-state index in [4.69, 9.17) is 9.84 Å². The molecule has 2 fully saturated rings. The second-order valence-corrected chi connectivity index (χ2v) is 7.61. The third-order valence-electron chi connectivity index (χ3n) is 5.63. The van der Waals surface area contributed by atoms with Crippen molar-refractivity contribution in [3.63, 3.8) is 0 Å². The second-order valence-electron chi connectivity index (χ2n) is 7.61. The predicted molar refractivity (Wildman–Crippen MR) is 105 cm³/mol. The van der Waals surface area contributed by atoms with Crippen molar-refractivity contribution < 1.29 is 9.84 Å². The molecule has 2 aliphatic heterocycles. The van der Waals surface area contributed by atoms with Crippen molar-refractivity contribution in [1.82, 2.24) is 14.9 Å². The molecule has 144 valence electrons. The predicted octanol–water partition coefficient (Wildman–Crippen LogP) is 2.86. The lowest BCUT2D eigenvalue weighted by atomic mass is 9.92. The number of aliphatic hydroxyl groups is 1. The fourth-order valence-electron chi connectivity index (χ4n) is 3.97. The van der Waals surface area contributed by atoms with Gasteiger partial charge in [-0.1, -0.05) is 18.2 Å². The number of anilines is 1. The van der Waals surface area contributed by atoms with Crippen LogP contribution in [0.5, 0.6) is 11.6 Å². The van der Waals surface area contributed by atoms with Gasteiger partial charge in [-0.25, -0.2) is 4.98 Å². The van der Waals surface area contributed by atoms with Crippen molar-refractivity contribution in [3.8, 4) is 11.6 Å². The molecule has 2 aromatic rings. The molecule has 2 saturated heterocycles. The van der Waals surface area contributed by atoms with Crippen molar-refractivity contribution in [1.29, 1.82) is 0 Å². The number of piperidine rings is 1. The van der Waals surface area contributed by atoms with E-state index in [0.717, 1.165) is 50.0 Å². The molecule has 6 heteroatoms. The number of hydrogen-bond acceptors (Lipinski definition) is 6. The fraction of sp³-hybridized carbons (Fsp3) is 0.524. The number of aryl methyl sites for hydroxylation is 1. The summed E-state index contributed by atoms with van der Waals surface area (Å²) in [6, 6.07) is 12.2. The molecule has 1 aromatic heterocycles. The van der Waals surface area contributed by atoms with E-state index in [-0.39, 0.29) is 0 Å². The number of aliphatic hydroxyl groups excluding tert-OH is 1. The Balaban J connectivity index is 1.34. The Labute approximate surface area is 160 Å². The summed E-state index contributed by atoms with van der Waals surface area (Å²) >= 11 is 0. The van der Waals surface area contributed by atoms with Gasteiger partial charge in [0.25, 0.3) is 0 Å². The van der Waals surface area contributed by atoms with Crippen LogP contribution in [0.4, 0.5) is 5.95 Å². The van der Waals surface area contributed by atoms with Gasteiger partial charge in [-0.15, -0.1) is 0 Å². The Morgan fingerprint density at radius 3 is 2.56 bits per heavy atom. The van der Waals surface area contributed by atoms with E-state index in [1.807, 2.05) is 43.3 Å². The summed E-state index contributed by atoms with van der Waals surface area (Å²) in [7, 11) is 0. The molecule has 3 heterocycles. The van der Waals surface area contributed by atoms with Crippen LogP contribution < -0.4 is 9.64 Å². The van der Waals surface area contributed by atoms with Gasteiger partial charge in [0, 0.05) is 37.5 Å². The highest BCUT2D eigenvalue weighted by molar-refractivity contribution is 5.39. The molecule has 2 aliphatic rings. The smallest absolute Gasteiger partial charge is 0.228 e. The average Bonchev–Trinajstić information content (AvgIpc) is 2.63. The molecular formula is C21H28N4O2. The third kappa shape index (κ3) is 4.39. The van der Waals surface area contributed by atoms with Crippen LogP contribution in [0.15, 0.2) is 36.4 Å². The van der Waals surface area contributed by atoms with Crippen LogP contribution in [0.3, 0.4) is 0 Å². The fourth-order valence-corrected chi connectivity index (χ4v) is 3.97. The number of benzene rings is 1. The summed E-state index contributed by atoms with van der Waals surface area (Å²) in [5.74, 6) is 2.83. The van der Waals surface area contributed by atoms with Crippen molar-refractivity contribution >= 4 is 5.95 Å². The Morgan fingerprint density at radius 1 is 1.11 bits per heavy atom. The Bertz CT molecular complexity index is 741. The quantitative estimate of drug-likeness (QED) is 0.846. The van der Waals surface area contributed by atoms with Gasteiger partial charge in [-0.05, 0) is 57.3 Å². The van der Waals surface area contributed by atoms with Crippen molar-refractivity contribution in [2.45, 2.75) is 32.2 Å². The maximum atomic E-state index is 9.11. The first-order chi connectivity index (χ1) is 13.2. The minimum atomic E-state index is 0.319. The van der Waals surface area contributed by atoms with Crippen LogP contribution in [0.1, 0.15) is 25.0 Å². The van der Waals surface area contributed by atoms with Gasteiger partial charge in [0.05, 0.1) is 0 Å². The van der Waals surface area contributed by atoms with Gasteiger partial charge in [0.2, 0.25) is 11.8 Å². The van der Waals surface area contributed by atoms with Crippen LogP contribution in [-0.2, 0) is 0 Å². The van der Waals surface area contributed by atoms with Crippen molar-refractivity contribution in [2.75, 3.05) is 37.7 Å². The molecule has 1 aromatic carbocycles. The number of likely N-dealkylation sites (tertiary alicyclic amines) is 1. The molecule has 0 amide bonds. The molecule has 4 rings (SSSR count). The van der Waals surface area contributed by atoms with Gasteiger partial charge in [0.15, 0.2) is 0 Å². The van der Waals surface area contributed by atoms with Crippen molar-refractivity contribution in [3.05, 3.63) is 42.1 Å². The van der Waals surface area contributed by atoms with E-state index < -0.39 is 0 Å². The van der Waals surface area contributed by atoms with Crippen molar-refractivity contribution in [2.24, 2.45) is 5.92 Å². The lowest BCUT2D eigenvalue weighted by Gasteiger charge is -2.47. The maximum Gasteiger partial charge on any atom is 0.228 e. The molecule has 0 saturated carbocycles. The molecule has 27 heavy (non-hydrogen) atoms. The Morgan fingerprint density at radius 2 is 1.85 bits per heavy atom. The normalized spacial score (nSPS) is 19.1. The number of rotatable bonds is 6. The maximum absolute atomic E-state index is 9.11. The standard InChI is InChI=1S/C21H28N4O2/c1-16-13-20(27-19-5-3-2-4-6-19)23-21(22-16)25-14-18(15-25)24-10-7-17(8-11-24)9-12-26/h2-6,13,17-18,26H,7-12,14-15H2,1H3. The first-order valence-electron chi connectivity index (χ1n) is 9.89. The molecule has 6 nitrogen and oxygen atoms in total. The molecule has 0 aliphatic carbocycles. The van der Waals surface area contributed by atoms with E-state index in [1.54, 1.807) is 0 Å². The summed E-state index contributed by atoms with van der Waals surface area (Å²) in [5.41, 5.74) is 0.916. The highest BCUT2D eigenvalue weighted by atomic mass is 16.5. The Kier molecular flexibility index (Phi) is 5.55. The summed E-state index contributed by atoms with van der Waals surface area (Å²) < 4.78 is 5.89. The van der Waals surface area contributed by atoms with E-state index in [2.05, 4.69) is 19.8 Å². The first-order valence-corrected chi connectivity index (χ1v) is 9.89. The van der Waals surface area contributed by atoms with Crippen LogP contribution in [0.2, 0.25) is 0 Å². The van der Waals surface area contributed by atoms with Crippen LogP contribution in [0, 0.1) is 12.8 Å². The summed E-state index contributed by atoms with van der Waals surface area (Å²) in [6.07, 6.45) is 3.35. The number of ether oxygens (including phenoxy) is 1. The lowest BCUT2D eigenvalue weighted by Crippen LogP contribution is -2.61. The Hall–Kier alpha value is -2.18. The van der Waals surface area contributed by atoms with Gasteiger partial charge in [-0.3, -0.25) is 4.90 Å². The van der Waals surface area contributed by atoms with Crippen LogP contribution in [-0.4, -0.2) is 58.8 Å². The minimum Gasteiger partial charge on any atom is -0.439 e. The van der Waals surface area contributed by atoms with Crippen LogP contribution in [0.25, 0.3) is 0 Å². The van der Waals surface area contributed by atoms with Gasteiger partial charge in [-0.2, -0.15) is 4.98 Å². The molecule has 1 N–H and O–H groups in total. The first kappa shape index (κ1) is 18.2. The molecule has 0 atom stereocenters. The number of nitrogens with zero attached hydrogens (tertiary/aromatic N) is 4. The van der Waals surface area contributed by atoms with E-state index >= 15 is 0 Å². The summed E-state index contributed by atoms with van der Waals surface area (Å²) in [4.78, 5) is 14.0. The average molecular weight is 368 g/mol. The van der Waals surface area contributed by atoms with Gasteiger partial charge >= 0.3 is 0 Å². The number of hydrogen-bond donors (Lipinski definition) is 1. The summed E-state index contributed by atoms with van der Waals surface area (Å²) in [5, 5.41) is 9.11. The monoisotopic (exact) mass is 368 g/mol. The molecular weight excluding hydrogens is 340 g/mol. The van der Waals surface area contributed by atoms with E-state index in [0.29, 0.717) is 24.4 Å². The molecule has 0 spiro atoms. The highest BCUT2D eigenvalue weighted by Gasteiger charge is 2.35. The van der Waals surface area contributed by atoms with Crippen LogP contribution >= 0.6 is 0 Å².